The number of rotatable bonds is 1. The number of carbonyl (C=O) groups is 2. The summed E-state index contributed by atoms with van der Waals surface area (Å²) < 4.78 is 0. The summed E-state index contributed by atoms with van der Waals surface area (Å²) in [6, 6.07) is -0.789. The summed E-state index contributed by atoms with van der Waals surface area (Å²) in [5.74, 6) is -0.936. The molecule has 1 aliphatic rings. The first-order valence-corrected chi connectivity index (χ1v) is 3.33. The number of nitrogens with one attached hydrogen (secondary N) is 1. The van der Waals surface area contributed by atoms with Crippen molar-refractivity contribution in [2.45, 2.75) is 6.04 Å². The SMILES string of the molecule is O=C1NC(C(=O)[O-])CS1.[Na+]. The average Bonchev–Trinajstić information content (AvgIpc) is 2.14. The molecule has 0 radical (unpaired) electrons. The van der Waals surface area contributed by atoms with Crippen LogP contribution in [0.1, 0.15) is 0 Å². The fourth-order valence-electron chi connectivity index (χ4n) is 0.512. The number of hydrogen-bond donors (Lipinski definition) is 1. The van der Waals surface area contributed by atoms with Crippen molar-refractivity contribution in [1.82, 2.24) is 5.32 Å². The molecule has 0 aromatic carbocycles. The fourth-order valence-corrected chi connectivity index (χ4v) is 1.27. The number of carboxylic acids is 1. The Morgan fingerprint density at radius 3 is 2.60 bits per heavy atom. The van der Waals surface area contributed by atoms with Crippen molar-refractivity contribution in [2.75, 3.05) is 5.75 Å². The smallest absolute Gasteiger partial charge is 0.548 e. The Balaban J connectivity index is 0.000000810. The second kappa shape index (κ2) is 4.23. The Morgan fingerprint density at radius 2 is 2.40 bits per heavy atom. The third-order valence-corrected chi connectivity index (χ3v) is 1.84. The van der Waals surface area contributed by atoms with Crippen LogP contribution < -0.4 is 40.0 Å². The number of amides is 1. The maximum atomic E-state index is 10.3. The molecule has 0 bridgehead atoms. The van der Waals surface area contributed by atoms with Gasteiger partial charge in [0, 0.05) is 5.75 Å². The molecule has 0 aromatic heterocycles. The predicted molar refractivity (Wildman–Crippen MR) is 29.8 cm³/mol. The van der Waals surface area contributed by atoms with Gasteiger partial charge < -0.3 is 15.2 Å². The zero-order chi connectivity index (χ0) is 6.85. The molecule has 1 amide bonds. The second-order valence-electron chi connectivity index (χ2n) is 1.61. The molecule has 0 aromatic rings. The summed E-state index contributed by atoms with van der Waals surface area (Å²) in [6.45, 7) is 0. The van der Waals surface area contributed by atoms with Crippen molar-refractivity contribution in [3.63, 3.8) is 0 Å². The van der Waals surface area contributed by atoms with Gasteiger partial charge in [-0.2, -0.15) is 0 Å². The first kappa shape index (κ1) is 10.3. The van der Waals surface area contributed by atoms with Crippen molar-refractivity contribution in [3.8, 4) is 0 Å². The topological polar surface area (TPSA) is 69.2 Å². The van der Waals surface area contributed by atoms with Crippen molar-refractivity contribution >= 4 is 23.0 Å². The first-order valence-electron chi connectivity index (χ1n) is 2.34. The number of thioether (sulfide) groups is 1. The molecular weight excluding hydrogens is 165 g/mol. The summed E-state index contributed by atoms with van der Waals surface area (Å²) in [5, 5.41) is 11.9. The monoisotopic (exact) mass is 169 g/mol. The van der Waals surface area contributed by atoms with Gasteiger partial charge in [-0.25, -0.2) is 0 Å². The molecule has 1 rings (SSSR count). The van der Waals surface area contributed by atoms with Gasteiger partial charge in [-0.15, -0.1) is 0 Å². The Labute approximate surface area is 84.0 Å². The van der Waals surface area contributed by atoms with E-state index in [1.165, 1.54) is 0 Å². The van der Waals surface area contributed by atoms with Crippen molar-refractivity contribution < 1.29 is 44.3 Å². The third kappa shape index (κ3) is 2.49. The normalized spacial score (nSPS) is 23.2. The molecule has 1 atom stereocenters. The summed E-state index contributed by atoms with van der Waals surface area (Å²) >= 11 is 0.963. The van der Waals surface area contributed by atoms with Gasteiger partial charge in [0.05, 0.1) is 12.0 Å². The zero-order valence-electron chi connectivity index (χ0n) is 5.42. The minimum atomic E-state index is -1.21. The largest absolute Gasteiger partial charge is 1.00 e. The first-order chi connectivity index (χ1) is 4.20. The van der Waals surface area contributed by atoms with E-state index in [2.05, 4.69) is 5.32 Å². The maximum absolute atomic E-state index is 10.3. The van der Waals surface area contributed by atoms with E-state index in [0.717, 1.165) is 11.8 Å². The number of carbonyl (C=O) groups excluding carboxylic acids is 2. The van der Waals surface area contributed by atoms with Crippen LogP contribution in [0.15, 0.2) is 0 Å². The van der Waals surface area contributed by atoms with Gasteiger partial charge in [0.25, 0.3) is 5.24 Å². The third-order valence-electron chi connectivity index (χ3n) is 0.958. The minimum absolute atomic E-state index is 0. The molecule has 50 valence electrons. The summed E-state index contributed by atoms with van der Waals surface area (Å²) in [4.78, 5) is 20.3. The molecular formula is C4H4NNaO3S. The van der Waals surface area contributed by atoms with Crippen LogP contribution in [0, 0.1) is 0 Å². The average molecular weight is 169 g/mol. The molecule has 1 aliphatic heterocycles. The minimum Gasteiger partial charge on any atom is -0.548 e. The fraction of sp³-hybridized carbons (Fsp3) is 0.500. The van der Waals surface area contributed by atoms with Crippen molar-refractivity contribution in [3.05, 3.63) is 0 Å². The van der Waals surface area contributed by atoms with E-state index < -0.39 is 12.0 Å². The van der Waals surface area contributed by atoms with Crippen LogP contribution in [0.3, 0.4) is 0 Å². The number of carboxylic acid groups (broad SMARTS) is 1. The zero-order valence-corrected chi connectivity index (χ0v) is 8.23. The van der Waals surface area contributed by atoms with Gasteiger partial charge in [0.15, 0.2) is 0 Å². The summed E-state index contributed by atoms with van der Waals surface area (Å²) in [7, 11) is 0. The van der Waals surface area contributed by atoms with Crippen LogP contribution in [-0.2, 0) is 4.79 Å². The van der Waals surface area contributed by atoms with Gasteiger partial charge in [-0.3, -0.25) is 4.79 Å². The standard InChI is InChI=1S/C4H5NO3S.Na/c6-3(7)2-1-9-4(8)5-2;/h2H,1H2,(H,5,8)(H,6,7);/q;+1/p-1. The Kier molecular flexibility index (Phi) is 4.35. The maximum Gasteiger partial charge on any atom is 1.00 e. The van der Waals surface area contributed by atoms with Gasteiger partial charge in [-0.1, -0.05) is 11.8 Å². The van der Waals surface area contributed by atoms with Crippen molar-refractivity contribution in [1.29, 1.82) is 0 Å². The molecule has 1 unspecified atom stereocenters. The number of hydrogen-bond acceptors (Lipinski definition) is 4. The van der Waals surface area contributed by atoms with E-state index in [0.29, 0.717) is 0 Å². The molecule has 4 nitrogen and oxygen atoms in total. The molecule has 0 saturated carbocycles. The van der Waals surface area contributed by atoms with Crippen LogP contribution >= 0.6 is 11.8 Å². The summed E-state index contributed by atoms with van der Waals surface area (Å²) in [6.07, 6.45) is 0. The van der Waals surface area contributed by atoms with E-state index in [9.17, 15) is 14.7 Å². The Hall–Kier alpha value is 0.290. The van der Waals surface area contributed by atoms with E-state index in [1.54, 1.807) is 0 Å². The van der Waals surface area contributed by atoms with Gasteiger partial charge in [0.1, 0.15) is 0 Å². The molecule has 1 saturated heterocycles. The van der Waals surface area contributed by atoms with Crippen LogP contribution in [0.25, 0.3) is 0 Å². The van der Waals surface area contributed by atoms with E-state index >= 15 is 0 Å². The quantitative estimate of drug-likeness (QED) is 0.402. The van der Waals surface area contributed by atoms with E-state index in [4.69, 9.17) is 0 Å². The van der Waals surface area contributed by atoms with Gasteiger partial charge in [-0.05, 0) is 0 Å². The van der Waals surface area contributed by atoms with Crippen LogP contribution in [0.5, 0.6) is 0 Å². The molecule has 0 aliphatic carbocycles. The molecule has 0 spiro atoms. The van der Waals surface area contributed by atoms with Gasteiger partial charge >= 0.3 is 29.6 Å². The molecule has 6 heteroatoms. The van der Waals surface area contributed by atoms with E-state index in [1.807, 2.05) is 0 Å². The van der Waals surface area contributed by atoms with Crippen LogP contribution in [0.4, 0.5) is 4.79 Å². The Morgan fingerprint density at radius 1 is 1.80 bits per heavy atom. The van der Waals surface area contributed by atoms with Crippen LogP contribution in [-0.4, -0.2) is 23.0 Å². The molecule has 10 heavy (non-hydrogen) atoms. The molecule has 1 N–H and O–H groups in total. The summed E-state index contributed by atoms with van der Waals surface area (Å²) in [5.41, 5.74) is 0. The molecule has 1 fully saturated rings. The van der Waals surface area contributed by atoms with Crippen LogP contribution in [0.2, 0.25) is 0 Å². The number of aliphatic carboxylic acids is 1. The molecule has 1 heterocycles. The van der Waals surface area contributed by atoms with Gasteiger partial charge in [0.2, 0.25) is 0 Å². The van der Waals surface area contributed by atoms with Crippen molar-refractivity contribution in [2.24, 2.45) is 0 Å². The predicted octanol–water partition coefficient (Wildman–Crippen LogP) is -4.43. The second-order valence-corrected chi connectivity index (χ2v) is 2.61. The van der Waals surface area contributed by atoms with E-state index in [-0.39, 0.29) is 40.5 Å². The Bertz CT molecular complexity index is 163.